The van der Waals surface area contributed by atoms with Crippen LogP contribution in [0.4, 0.5) is 0 Å². The molecule has 4 saturated carbocycles. The lowest BCUT2D eigenvalue weighted by molar-refractivity contribution is -0.162. The van der Waals surface area contributed by atoms with Crippen molar-refractivity contribution in [3.63, 3.8) is 0 Å². The van der Waals surface area contributed by atoms with Crippen molar-refractivity contribution in [3.05, 3.63) is 0 Å². The zero-order chi connectivity index (χ0) is 18.7. The fourth-order valence-electron chi connectivity index (χ4n) is 7.97. The van der Waals surface area contributed by atoms with Crippen LogP contribution < -0.4 is 0 Å². The Morgan fingerprint density at radius 3 is 2.23 bits per heavy atom. The summed E-state index contributed by atoms with van der Waals surface area (Å²) in [5.41, 5.74) is 0.613. The molecule has 0 saturated heterocycles. The quantitative estimate of drug-likeness (QED) is 0.638. The Hall–Kier alpha value is -0.860. The number of fused-ring (bicyclic) bond motifs is 5. The molecule has 0 aliphatic heterocycles. The topological polar surface area (TPSA) is 43.4 Å². The van der Waals surface area contributed by atoms with Crippen molar-refractivity contribution < 1.29 is 14.3 Å². The number of carbonyl (C=O) groups is 2. The summed E-state index contributed by atoms with van der Waals surface area (Å²) in [6.45, 7) is 8.29. The van der Waals surface area contributed by atoms with E-state index in [0.717, 1.165) is 37.0 Å². The molecule has 26 heavy (non-hydrogen) atoms. The first kappa shape index (κ1) is 18.5. The van der Waals surface area contributed by atoms with Gasteiger partial charge in [-0.2, -0.15) is 0 Å². The van der Waals surface area contributed by atoms with Gasteiger partial charge in [-0.1, -0.05) is 13.8 Å². The highest BCUT2D eigenvalue weighted by Gasteiger charge is 2.61. The van der Waals surface area contributed by atoms with Crippen LogP contribution in [-0.4, -0.2) is 17.9 Å². The fraction of sp³-hybridized carbons (Fsp3) is 0.913. The minimum atomic E-state index is -0.114. The lowest BCUT2D eigenvalue weighted by Crippen LogP contribution is -2.54. The molecule has 0 unspecified atom stereocenters. The van der Waals surface area contributed by atoms with Gasteiger partial charge in [0.15, 0.2) is 0 Å². The minimum Gasteiger partial charge on any atom is -0.462 e. The standard InChI is InChI=1S/C23H36O3/c1-14(24)16-9-11-22(3)17(13-16)5-6-18-19-7-8-21(26-15(2)25)23(19,4)12-10-20(18)22/h16-21H,5-13H2,1-4H3/t16-,17-,18+,19+,20+,21-,22-,23-/m0/s1. The molecule has 0 aromatic carbocycles. The molecule has 8 atom stereocenters. The molecular formula is C23H36O3. The molecule has 0 aromatic heterocycles. The van der Waals surface area contributed by atoms with Gasteiger partial charge >= 0.3 is 5.97 Å². The Morgan fingerprint density at radius 1 is 0.846 bits per heavy atom. The highest BCUT2D eigenvalue weighted by atomic mass is 16.5. The lowest BCUT2D eigenvalue weighted by Gasteiger charge is -2.60. The third kappa shape index (κ3) is 2.67. The molecule has 0 bridgehead atoms. The molecule has 0 N–H and O–H groups in total. The summed E-state index contributed by atoms with van der Waals surface area (Å²) in [7, 11) is 0. The molecule has 0 amide bonds. The van der Waals surface area contributed by atoms with Gasteiger partial charge in [-0.3, -0.25) is 9.59 Å². The van der Waals surface area contributed by atoms with Crippen molar-refractivity contribution in [2.45, 2.75) is 91.6 Å². The molecule has 0 spiro atoms. The number of esters is 1. The summed E-state index contributed by atoms with van der Waals surface area (Å²) < 4.78 is 5.76. The van der Waals surface area contributed by atoms with Gasteiger partial charge in [0.05, 0.1) is 0 Å². The van der Waals surface area contributed by atoms with Gasteiger partial charge in [0, 0.05) is 18.3 Å². The number of hydrogen-bond acceptors (Lipinski definition) is 3. The highest BCUT2D eigenvalue weighted by molar-refractivity contribution is 5.78. The van der Waals surface area contributed by atoms with Crippen LogP contribution in [0.2, 0.25) is 0 Å². The molecule has 4 rings (SSSR count). The van der Waals surface area contributed by atoms with Gasteiger partial charge in [0.1, 0.15) is 11.9 Å². The summed E-state index contributed by atoms with van der Waals surface area (Å²) in [5.74, 6) is 3.67. The van der Waals surface area contributed by atoms with Crippen molar-refractivity contribution in [1.29, 1.82) is 0 Å². The first-order chi connectivity index (χ1) is 12.3. The van der Waals surface area contributed by atoms with E-state index in [9.17, 15) is 9.59 Å². The molecule has 0 heterocycles. The summed E-state index contributed by atoms with van der Waals surface area (Å²) in [6.07, 6.45) is 11.0. The number of rotatable bonds is 2. The van der Waals surface area contributed by atoms with Gasteiger partial charge < -0.3 is 4.74 Å². The van der Waals surface area contributed by atoms with Crippen LogP contribution in [0.5, 0.6) is 0 Å². The molecule has 0 aromatic rings. The predicted octanol–water partition coefficient (Wildman–Crippen LogP) is 5.17. The first-order valence-electron chi connectivity index (χ1n) is 10.9. The maximum absolute atomic E-state index is 11.9. The van der Waals surface area contributed by atoms with Gasteiger partial charge in [0.2, 0.25) is 0 Å². The zero-order valence-corrected chi connectivity index (χ0v) is 17.1. The highest BCUT2D eigenvalue weighted by Crippen LogP contribution is 2.66. The maximum atomic E-state index is 11.9. The van der Waals surface area contributed by atoms with Gasteiger partial charge in [-0.05, 0) is 93.8 Å². The van der Waals surface area contributed by atoms with Crippen molar-refractivity contribution in [2.75, 3.05) is 0 Å². The molecular weight excluding hydrogens is 324 g/mol. The average molecular weight is 361 g/mol. The summed E-state index contributed by atoms with van der Waals surface area (Å²) in [4.78, 5) is 23.5. The van der Waals surface area contributed by atoms with E-state index in [1.807, 2.05) is 0 Å². The number of ether oxygens (including phenoxy) is 1. The number of ketones is 1. The fourth-order valence-corrected chi connectivity index (χ4v) is 7.97. The van der Waals surface area contributed by atoms with Crippen LogP contribution in [0.15, 0.2) is 0 Å². The Labute approximate surface area is 158 Å². The Bertz CT molecular complexity index is 598. The lowest BCUT2D eigenvalue weighted by atomic mass is 9.44. The van der Waals surface area contributed by atoms with E-state index in [1.54, 1.807) is 13.8 Å². The van der Waals surface area contributed by atoms with Gasteiger partial charge in [-0.15, -0.1) is 0 Å². The van der Waals surface area contributed by atoms with Gasteiger partial charge in [0.25, 0.3) is 0 Å². The van der Waals surface area contributed by atoms with Crippen molar-refractivity contribution >= 4 is 11.8 Å². The normalized spacial score (nSPS) is 50.3. The third-order valence-electron chi connectivity index (χ3n) is 9.46. The van der Waals surface area contributed by atoms with E-state index in [1.165, 1.54) is 38.5 Å². The molecule has 4 fully saturated rings. The first-order valence-corrected chi connectivity index (χ1v) is 10.9. The average Bonchev–Trinajstić information content (AvgIpc) is 2.90. The van der Waals surface area contributed by atoms with Crippen LogP contribution in [0.1, 0.15) is 85.5 Å². The van der Waals surface area contributed by atoms with E-state index in [4.69, 9.17) is 4.74 Å². The van der Waals surface area contributed by atoms with E-state index in [2.05, 4.69) is 13.8 Å². The summed E-state index contributed by atoms with van der Waals surface area (Å²) in [6, 6.07) is 0. The molecule has 4 aliphatic carbocycles. The summed E-state index contributed by atoms with van der Waals surface area (Å²) in [5, 5.41) is 0. The largest absolute Gasteiger partial charge is 0.462 e. The molecule has 146 valence electrons. The molecule has 3 nitrogen and oxygen atoms in total. The Balaban J connectivity index is 1.55. The van der Waals surface area contributed by atoms with Gasteiger partial charge in [-0.25, -0.2) is 0 Å². The van der Waals surface area contributed by atoms with Crippen molar-refractivity contribution in [1.82, 2.24) is 0 Å². The van der Waals surface area contributed by atoms with E-state index in [-0.39, 0.29) is 17.5 Å². The smallest absolute Gasteiger partial charge is 0.302 e. The molecule has 0 radical (unpaired) electrons. The predicted molar refractivity (Wildman–Crippen MR) is 101 cm³/mol. The SMILES string of the molecule is CC(=O)O[C@H]1CC[C@@H]2[C@H]3CC[C@H]4C[C@@H](C(C)=O)CC[C@]4(C)[C@@H]3CC[C@]12C. The summed E-state index contributed by atoms with van der Waals surface area (Å²) >= 11 is 0. The van der Waals surface area contributed by atoms with E-state index in [0.29, 0.717) is 23.0 Å². The van der Waals surface area contributed by atoms with E-state index >= 15 is 0 Å². The van der Waals surface area contributed by atoms with Crippen LogP contribution in [0.25, 0.3) is 0 Å². The van der Waals surface area contributed by atoms with Crippen LogP contribution in [0, 0.1) is 40.4 Å². The third-order valence-corrected chi connectivity index (χ3v) is 9.46. The van der Waals surface area contributed by atoms with Crippen molar-refractivity contribution in [3.8, 4) is 0 Å². The second-order valence-electron chi connectivity index (χ2n) is 10.5. The number of carbonyl (C=O) groups excluding carboxylic acids is 2. The zero-order valence-electron chi connectivity index (χ0n) is 17.1. The van der Waals surface area contributed by atoms with Crippen LogP contribution in [-0.2, 0) is 14.3 Å². The number of Topliss-reactive ketones (excluding diaryl/α,β-unsaturated/α-hetero) is 1. The van der Waals surface area contributed by atoms with E-state index < -0.39 is 0 Å². The van der Waals surface area contributed by atoms with Crippen LogP contribution in [0.3, 0.4) is 0 Å². The Kier molecular flexibility index (Phi) is 4.51. The van der Waals surface area contributed by atoms with Crippen molar-refractivity contribution in [2.24, 2.45) is 40.4 Å². The Morgan fingerprint density at radius 2 is 1.54 bits per heavy atom. The minimum absolute atomic E-state index is 0.114. The second-order valence-corrected chi connectivity index (χ2v) is 10.5. The molecule has 4 aliphatic rings. The number of hydrogen-bond donors (Lipinski definition) is 0. The van der Waals surface area contributed by atoms with Crippen LogP contribution >= 0.6 is 0 Å². The monoisotopic (exact) mass is 360 g/mol. The second kappa shape index (κ2) is 6.34. The molecule has 3 heteroatoms. The maximum Gasteiger partial charge on any atom is 0.302 e.